The summed E-state index contributed by atoms with van der Waals surface area (Å²) in [4.78, 5) is 10.7. The molecule has 0 saturated heterocycles. The van der Waals surface area contributed by atoms with Crippen molar-refractivity contribution in [1.29, 1.82) is 0 Å². The van der Waals surface area contributed by atoms with E-state index in [1.807, 2.05) is 67.8 Å². The zero-order valence-electron chi connectivity index (χ0n) is 5.83. The summed E-state index contributed by atoms with van der Waals surface area (Å²) < 4.78 is -2.10. The molecule has 0 aliphatic carbocycles. The molecular formula is C5H3Cl3I3NO. The van der Waals surface area contributed by atoms with Crippen molar-refractivity contribution in [2.24, 2.45) is 5.73 Å². The lowest BCUT2D eigenvalue weighted by Crippen LogP contribution is -2.22. The van der Waals surface area contributed by atoms with Crippen molar-refractivity contribution in [2.45, 2.75) is 3.23 Å². The fourth-order valence-corrected chi connectivity index (χ4v) is 4.17. The van der Waals surface area contributed by atoms with Gasteiger partial charge in [-0.05, 0) is 0 Å². The number of amides is 1. The first kappa shape index (κ1) is 15.3. The summed E-state index contributed by atoms with van der Waals surface area (Å²) in [6.45, 7) is 0. The summed E-state index contributed by atoms with van der Waals surface area (Å²) in [6, 6.07) is 0. The molecule has 0 saturated carbocycles. The van der Waals surface area contributed by atoms with Crippen LogP contribution >= 0.6 is 103 Å². The van der Waals surface area contributed by atoms with E-state index in [2.05, 4.69) is 0 Å². The van der Waals surface area contributed by atoms with Crippen molar-refractivity contribution in [2.75, 3.05) is 0 Å². The molecular weight excluding hydrogens is 577 g/mol. The minimum Gasteiger partial charge on any atom is -0.366 e. The van der Waals surface area contributed by atoms with Crippen LogP contribution in [-0.2, 0) is 4.79 Å². The molecule has 2 nitrogen and oxygen atoms in total. The van der Waals surface area contributed by atoms with Crippen LogP contribution < -0.4 is 5.73 Å². The first-order valence-corrected chi connectivity index (χ1v) is 7.07. The van der Waals surface area contributed by atoms with E-state index >= 15 is 0 Å². The van der Waals surface area contributed by atoms with Crippen LogP contribution in [0.4, 0.5) is 0 Å². The van der Waals surface area contributed by atoms with E-state index in [1.165, 1.54) is 0 Å². The minimum atomic E-state index is -1.61. The molecule has 2 N–H and O–H groups in total. The Bertz CT molecular complexity index is 226. The lowest BCUT2D eigenvalue weighted by atomic mass is 10.3. The van der Waals surface area contributed by atoms with Gasteiger partial charge in [0.25, 0.3) is 0 Å². The zero-order chi connectivity index (χ0) is 10.9. The number of rotatable bonds is 2. The predicted molar refractivity (Wildman–Crippen MR) is 82.4 cm³/mol. The number of halogens is 6. The van der Waals surface area contributed by atoms with Crippen molar-refractivity contribution < 1.29 is 4.79 Å². The van der Waals surface area contributed by atoms with Gasteiger partial charge in [0.05, 0.1) is 0 Å². The first-order chi connectivity index (χ1) is 5.55. The molecule has 1 amide bonds. The Morgan fingerprint density at radius 1 is 1.23 bits per heavy atom. The number of carbonyl (C=O) groups is 1. The lowest BCUT2D eigenvalue weighted by molar-refractivity contribution is -0.113. The minimum absolute atomic E-state index is 0.347. The average molecular weight is 580 g/mol. The number of carbonyl (C=O) groups excluding carboxylic acids is 1. The molecule has 0 fully saturated rings. The summed E-state index contributed by atoms with van der Waals surface area (Å²) in [5.41, 5.74) is 5.33. The molecule has 0 aromatic carbocycles. The third-order valence-corrected chi connectivity index (χ3v) is 3.25. The third-order valence-electron chi connectivity index (χ3n) is 0.897. The number of primary amides is 1. The van der Waals surface area contributed by atoms with Crippen LogP contribution in [0.5, 0.6) is 0 Å². The Balaban J connectivity index is 5.13. The van der Waals surface area contributed by atoms with Crippen LogP contribution in [0.3, 0.4) is 0 Å². The van der Waals surface area contributed by atoms with Crippen LogP contribution in [0, 0.1) is 0 Å². The van der Waals surface area contributed by atoms with Crippen LogP contribution in [0.25, 0.3) is 0 Å². The number of allylic oxidation sites excluding steroid dienone is 1. The summed E-state index contributed by atoms with van der Waals surface area (Å²) >= 11 is 23.1. The first-order valence-electron chi connectivity index (χ1n) is 2.70. The molecule has 0 unspecified atom stereocenters. The van der Waals surface area contributed by atoms with E-state index in [0.29, 0.717) is 5.57 Å². The van der Waals surface area contributed by atoms with Crippen LogP contribution in [0.15, 0.2) is 11.6 Å². The Hall–Kier alpha value is 2.27. The topological polar surface area (TPSA) is 43.1 Å². The quantitative estimate of drug-likeness (QED) is 0.302. The smallest absolute Gasteiger partial charge is 0.241 e. The molecule has 76 valence electrons. The average Bonchev–Trinajstić information content (AvgIpc) is 1.77. The molecule has 13 heavy (non-hydrogen) atoms. The molecule has 0 heterocycles. The monoisotopic (exact) mass is 579 g/mol. The van der Waals surface area contributed by atoms with E-state index in [4.69, 9.17) is 40.5 Å². The van der Waals surface area contributed by atoms with Crippen LogP contribution in [0.1, 0.15) is 0 Å². The summed E-state index contributed by atoms with van der Waals surface area (Å²) in [7, 11) is 0. The Morgan fingerprint density at radius 2 is 1.62 bits per heavy atom. The van der Waals surface area contributed by atoms with Gasteiger partial charge in [-0.3, -0.25) is 4.79 Å². The number of hydrogen-bond donors (Lipinski definition) is 1. The maximum atomic E-state index is 10.7. The van der Waals surface area contributed by atoms with E-state index in [9.17, 15) is 4.79 Å². The molecule has 0 atom stereocenters. The number of hydrogen-bond acceptors (Lipinski definition) is 1. The van der Waals surface area contributed by atoms with Crippen LogP contribution in [-0.4, -0.2) is 9.13 Å². The molecule has 0 spiro atoms. The molecule has 0 aromatic rings. The highest BCUT2D eigenvalue weighted by molar-refractivity contribution is 14.3. The molecule has 0 radical (unpaired) electrons. The highest BCUT2D eigenvalue weighted by atomic mass is 127. The van der Waals surface area contributed by atoms with E-state index in [0.717, 1.165) is 6.08 Å². The lowest BCUT2D eigenvalue weighted by Gasteiger charge is -2.23. The SMILES string of the molecule is NC(=O)C=C(C(Cl)(Cl)Cl)C(I)(I)I. The maximum Gasteiger partial charge on any atom is 0.241 e. The maximum absolute atomic E-state index is 10.7. The Labute approximate surface area is 132 Å². The molecule has 0 rings (SSSR count). The van der Waals surface area contributed by atoms with Gasteiger partial charge in [-0.1, -0.05) is 103 Å². The van der Waals surface area contributed by atoms with E-state index in [-0.39, 0.29) is 0 Å². The largest absolute Gasteiger partial charge is 0.366 e. The predicted octanol–water partition coefficient (Wildman–Crippen LogP) is 3.73. The van der Waals surface area contributed by atoms with Gasteiger partial charge in [-0.2, -0.15) is 0 Å². The normalized spacial score (nSPS) is 14.5. The Kier molecular flexibility index (Phi) is 6.52. The van der Waals surface area contributed by atoms with Crippen LogP contribution in [0.2, 0.25) is 0 Å². The summed E-state index contributed by atoms with van der Waals surface area (Å²) in [6.07, 6.45) is 1.14. The fraction of sp³-hybridized carbons (Fsp3) is 0.400. The van der Waals surface area contributed by atoms with Gasteiger partial charge >= 0.3 is 0 Å². The highest BCUT2D eigenvalue weighted by Crippen LogP contribution is 2.52. The van der Waals surface area contributed by atoms with Crippen molar-refractivity contribution in [3.63, 3.8) is 0 Å². The second-order valence-corrected chi connectivity index (χ2v) is 15.3. The van der Waals surface area contributed by atoms with Crippen molar-refractivity contribution in [1.82, 2.24) is 0 Å². The molecule has 0 bridgehead atoms. The molecule has 0 aliphatic rings. The molecule has 8 heteroatoms. The van der Waals surface area contributed by atoms with Crippen molar-refractivity contribution >= 4 is 108 Å². The number of alkyl halides is 6. The fourth-order valence-electron chi connectivity index (χ4n) is 0.467. The van der Waals surface area contributed by atoms with Gasteiger partial charge in [0.15, 0.2) is 0 Å². The van der Waals surface area contributed by atoms with Gasteiger partial charge in [0.1, 0.15) is -0.565 Å². The van der Waals surface area contributed by atoms with Gasteiger partial charge < -0.3 is 5.73 Å². The summed E-state index contributed by atoms with van der Waals surface area (Å²) in [5, 5.41) is 0. The zero-order valence-corrected chi connectivity index (χ0v) is 14.6. The van der Waals surface area contributed by atoms with E-state index in [1.54, 1.807) is 0 Å². The van der Waals surface area contributed by atoms with E-state index < -0.39 is 9.13 Å². The second-order valence-electron chi connectivity index (χ2n) is 1.96. The number of nitrogens with two attached hydrogens (primary N) is 1. The summed E-state index contributed by atoms with van der Waals surface area (Å²) in [5.74, 6) is -0.629. The molecule has 0 aromatic heterocycles. The van der Waals surface area contributed by atoms with Crippen molar-refractivity contribution in [3.8, 4) is 0 Å². The Morgan fingerprint density at radius 3 is 1.69 bits per heavy atom. The molecule has 0 aliphatic heterocycles. The van der Waals surface area contributed by atoms with Gasteiger partial charge in [0, 0.05) is 11.6 Å². The van der Waals surface area contributed by atoms with Gasteiger partial charge in [0.2, 0.25) is 9.70 Å². The highest BCUT2D eigenvalue weighted by Gasteiger charge is 2.38. The van der Waals surface area contributed by atoms with Gasteiger partial charge in [-0.15, -0.1) is 0 Å². The second kappa shape index (κ2) is 5.55. The van der Waals surface area contributed by atoms with Crippen molar-refractivity contribution in [3.05, 3.63) is 11.6 Å². The third kappa shape index (κ3) is 6.44. The standard InChI is InChI=1S/C5H3Cl3I3NO/c6-4(7,8)2(1-3(12)13)5(9,10)11/h1H,(H2,12,13). The van der Waals surface area contributed by atoms with Gasteiger partial charge in [-0.25, -0.2) is 0 Å².